The molecule has 1 aliphatic carbocycles. The molecule has 0 heterocycles. The van der Waals surface area contributed by atoms with Gasteiger partial charge < -0.3 is 15.4 Å². The zero-order chi connectivity index (χ0) is 19.9. The summed E-state index contributed by atoms with van der Waals surface area (Å²) in [6.45, 7) is -0.468. The van der Waals surface area contributed by atoms with E-state index in [4.69, 9.17) is 16.3 Å². The van der Waals surface area contributed by atoms with Crippen molar-refractivity contribution in [3.63, 3.8) is 0 Å². The molecule has 0 spiro atoms. The second-order valence-corrected chi connectivity index (χ2v) is 6.71. The number of esters is 1. The van der Waals surface area contributed by atoms with E-state index in [1.54, 1.807) is 48.5 Å². The topological polar surface area (TPSA) is 84.5 Å². The number of hydrogen-bond acceptors (Lipinski definition) is 4. The normalized spacial score (nSPS) is 13.2. The summed E-state index contributed by atoms with van der Waals surface area (Å²) in [4.78, 5) is 36.1. The standard InChI is InChI=1S/C21H19ClN2O4/c22-17-7-3-1-5-14(17)9-12-20(26)28-13-19(25)24-18-8-4-2-6-16(18)21(27)23-15-10-11-15/h1-9,12,15H,10-11,13H2,(H,23,27)(H,24,25). The Labute approximate surface area is 167 Å². The lowest BCUT2D eigenvalue weighted by Gasteiger charge is -2.11. The molecule has 28 heavy (non-hydrogen) atoms. The average Bonchev–Trinajstić information content (AvgIpc) is 3.50. The van der Waals surface area contributed by atoms with E-state index in [0.717, 1.165) is 12.8 Å². The van der Waals surface area contributed by atoms with Crippen molar-refractivity contribution < 1.29 is 19.1 Å². The van der Waals surface area contributed by atoms with Crippen molar-refractivity contribution in [1.29, 1.82) is 0 Å². The van der Waals surface area contributed by atoms with Gasteiger partial charge in [-0.1, -0.05) is 41.9 Å². The van der Waals surface area contributed by atoms with Crippen LogP contribution in [0.1, 0.15) is 28.8 Å². The zero-order valence-corrected chi connectivity index (χ0v) is 15.7. The first-order valence-corrected chi connectivity index (χ1v) is 9.20. The molecular formula is C21H19ClN2O4. The van der Waals surface area contributed by atoms with Crippen molar-refractivity contribution in [1.82, 2.24) is 5.32 Å². The molecule has 2 N–H and O–H groups in total. The fraction of sp³-hybridized carbons (Fsp3) is 0.190. The fourth-order valence-corrected chi connectivity index (χ4v) is 2.62. The summed E-state index contributed by atoms with van der Waals surface area (Å²) < 4.78 is 4.93. The maximum absolute atomic E-state index is 12.2. The van der Waals surface area contributed by atoms with E-state index in [2.05, 4.69) is 10.6 Å². The molecule has 0 radical (unpaired) electrons. The van der Waals surface area contributed by atoms with Crippen LogP contribution in [-0.4, -0.2) is 30.4 Å². The van der Waals surface area contributed by atoms with Gasteiger partial charge in [-0.3, -0.25) is 9.59 Å². The first-order chi connectivity index (χ1) is 13.5. The maximum Gasteiger partial charge on any atom is 0.331 e. The minimum absolute atomic E-state index is 0.210. The average molecular weight is 399 g/mol. The van der Waals surface area contributed by atoms with Gasteiger partial charge in [0, 0.05) is 17.1 Å². The van der Waals surface area contributed by atoms with Crippen LogP contribution in [0.3, 0.4) is 0 Å². The number of amides is 2. The van der Waals surface area contributed by atoms with Crippen LogP contribution in [0.2, 0.25) is 5.02 Å². The SMILES string of the molecule is O=C(COC(=O)C=Cc1ccccc1Cl)Nc1ccccc1C(=O)NC1CC1. The van der Waals surface area contributed by atoms with Gasteiger partial charge in [0.15, 0.2) is 6.61 Å². The van der Waals surface area contributed by atoms with Crippen LogP contribution in [0, 0.1) is 0 Å². The molecule has 0 unspecified atom stereocenters. The highest BCUT2D eigenvalue weighted by atomic mass is 35.5. The van der Waals surface area contributed by atoms with Crippen LogP contribution >= 0.6 is 11.6 Å². The Balaban J connectivity index is 1.52. The lowest BCUT2D eigenvalue weighted by Crippen LogP contribution is -2.27. The molecule has 2 aromatic carbocycles. The number of anilines is 1. The smallest absolute Gasteiger partial charge is 0.331 e. The number of ether oxygens (including phenoxy) is 1. The number of nitrogens with one attached hydrogen (secondary N) is 2. The number of hydrogen-bond donors (Lipinski definition) is 2. The van der Waals surface area contributed by atoms with Gasteiger partial charge in [0.05, 0.1) is 11.3 Å². The first-order valence-electron chi connectivity index (χ1n) is 8.82. The summed E-state index contributed by atoms with van der Waals surface area (Å²) in [5.74, 6) is -1.45. The molecule has 6 nitrogen and oxygen atoms in total. The molecule has 1 saturated carbocycles. The first kappa shape index (κ1) is 19.6. The second-order valence-electron chi connectivity index (χ2n) is 6.30. The highest BCUT2D eigenvalue weighted by Crippen LogP contribution is 2.21. The van der Waals surface area contributed by atoms with Gasteiger partial charge in [-0.05, 0) is 42.7 Å². The Kier molecular flexibility index (Phi) is 6.45. The number of rotatable bonds is 7. The summed E-state index contributed by atoms with van der Waals surface area (Å²) >= 11 is 6.00. The van der Waals surface area contributed by atoms with Gasteiger partial charge in [0.2, 0.25) is 0 Å². The Morgan fingerprint density at radius 3 is 2.54 bits per heavy atom. The minimum atomic E-state index is -0.671. The van der Waals surface area contributed by atoms with Crippen molar-refractivity contribution >= 4 is 41.1 Å². The Morgan fingerprint density at radius 1 is 1.07 bits per heavy atom. The summed E-state index contributed by atoms with van der Waals surface area (Å²) in [7, 11) is 0. The van der Waals surface area contributed by atoms with Crippen LogP contribution in [0.5, 0.6) is 0 Å². The molecule has 7 heteroatoms. The number of para-hydroxylation sites is 1. The molecule has 0 aliphatic heterocycles. The van der Waals surface area contributed by atoms with Crippen LogP contribution in [0.15, 0.2) is 54.6 Å². The van der Waals surface area contributed by atoms with Gasteiger partial charge in [-0.25, -0.2) is 4.79 Å². The van der Waals surface area contributed by atoms with E-state index in [0.29, 0.717) is 21.8 Å². The van der Waals surface area contributed by atoms with Gasteiger partial charge >= 0.3 is 5.97 Å². The van der Waals surface area contributed by atoms with Crippen molar-refractivity contribution in [3.8, 4) is 0 Å². The molecule has 0 aromatic heterocycles. The molecule has 3 rings (SSSR count). The summed E-state index contributed by atoms with van der Waals surface area (Å²) in [5.41, 5.74) is 1.40. The maximum atomic E-state index is 12.2. The van der Waals surface area contributed by atoms with Crippen molar-refractivity contribution in [3.05, 3.63) is 70.8 Å². The molecule has 2 aromatic rings. The van der Waals surface area contributed by atoms with Gasteiger partial charge in [0.1, 0.15) is 0 Å². The van der Waals surface area contributed by atoms with E-state index in [1.165, 1.54) is 12.2 Å². The van der Waals surface area contributed by atoms with E-state index in [1.807, 2.05) is 0 Å². The van der Waals surface area contributed by atoms with E-state index >= 15 is 0 Å². The van der Waals surface area contributed by atoms with Crippen LogP contribution in [-0.2, 0) is 14.3 Å². The highest BCUT2D eigenvalue weighted by Gasteiger charge is 2.25. The van der Waals surface area contributed by atoms with Crippen molar-refractivity contribution in [2.24, 2.45) is 0 Å². The quantitative estimate of drug-likeness (QED) is 0.552. The van der Waals surface area contributed by atoms with Crippen molar-refractivity contribution in [2.75, 3.05) is 11.9 Å². The van der Waals surface area contributed by atoms with Crippen LogP contribution in [0.4, 0.5) is 5.69 Å². The largest absolute Gasteiger partial charge is 0.452 e. The second kappa shape index (κ2) is 9.19. The Hall–Kier alpha value is -3.12. The third-order valence-electron chi connectivity index (χ3n) is 4.01. The number of carbonyl (C=O) groups is 3. The molecule has 1 fully saturated rings. The molecule has 0 bridgehead atoms. The number of halogens is 1. The lowest BCUT2D eigenvalue weighted by atomic mass is 10.1. The minimum Gasteiger partial charge on any atom is -0.452 e. The Bertz CT molecular complexity index is 922. The van der Waals surface area contributed by atoms with E-state index < -0.39 is 18.5 Å². The molecule has 144 valence electrons. The summed E-state index contributed by atoms with van der Waals surface area (Å²) in [5, 5.41) is 5.98. The molecular weight excluding hydrogens is 380 g/mol. The third kappa shape index (κ3) is 5.69. The summed E-state index contributed by atoms with van der Waals surface area (Å²) in [6.07, 6.45) is 4.65. The third-order valence-corrected chi connectivity index (χ3v) is 4.35. The number of benzene rings is 2. The fourth-order valence-electron chi connectivity index (χ4n) is 2.42. The Morgan fingerprint density at radius 2 is 1.79 bits per heavy atom. The monoisotopic (exact) mass is 398 g/mol. The van der Waals surface area contributed by atoms with Gasteiger partial charge in [0.25, 0.3) is 11.8 Å². The van der Waals surface area contributed by atoms with Crippen LogP contribution in [0.25, 0.3) is 6.08 Å². The molecule has 0 atom stereocenters. The van der Waals surface area contributed by atoms with Gasteiger partial charge in [-0.15, -0.1) is 0 Å². The molecule has 0 saturated heterocycles. The molecule has 2 amide bonds. The molecule has 1 aliphatic rings. The number of carbonyl (C=O) groups excluding carboxylic acids is 3. The summed E-state index contributed by atoms with van der Waals surface area (Å²) in [6, 6.07) is 13.9. The van der Waals surface area contributed by atoms with Gasteiger partial charge in [-0.2, -0.15) is 0 Å². The zero-order valence-electron chi connectivity index (χ0n) is 15.0. The predicted octanol–water partition coefficient (Wildman–Crippen LogP) is 3.43. The van der Waals surface area contributed by atoms with E-state index in [9.17, 15) is 14.4 Å². The van der Waals surface area contributed by atoms with Crippen LogP contribution < -0.4 is 10.6 Å². The highest BCUT2D eigenvalue weighted by molar-refractivity contribution is 6.32. The van der Waals surface area contributed by atoms with E-state index in [-0.39, 0.29) is 11.9 Å². The lowest BCUT2D eigenvalue weighted by molar-refractivity contribution is -0.142. The predicted molar refractivity (Wildman–Crippen MR) is 107 cm³/mol. The van der Waals surface area contributed by atoms with Crippen molar-refractivity contribution in [2.45, 2.75) is 18.9 Å².